The highest BCUT2D eigenvalue weighted by molar-refractivity contribution is 6.30. The Bertz CT molecular complexity index is 726. The predicted octanol–water partition coefficient (Wildman–Crippen LogP) is 1.32. The predicted molar refractivity (Wildman–Crippen MR) is 81.1 cm³/mol. The van der Waals surface area contributed by atoms with E-state index < -0.39 is 12.1 Å². The zero-order valence-electron chi connectivity index (χ0n) is 12.8. The molecule has 1 N–H and O–H groups in total. The zero-order valence-corrected chi connectivity index (χ0v) is 13.6. The van der Waals surface area contributed by atoms with Crippen LogP contribution in [0.1, 0.15) is 11.3 Å². The Morgan fingerprint density at radius 1 is 1.57 bits per heavy atom. The third-order valence-electron chi connectivity index (χ3n) is 3.75. The molecule has 0 radical (unpaired) electrons. The molecule has 0 aromatic carbocycles. The summed E-state index contributed by atoms with van der Waals surface area (Å²) >= 11 is 6.36. The minimum atomic E-state index is -0.959. The second-order valence-corrected chi connectivity index (χ2v) is 5.86. The van der Waals surface area contributed by atoms with Crippen molar-refractivity contribution >= 4 is 17.6 Å². The second-order valence-electron chi connectivity index (χ2n) is 5.50. The molecule has 0 bridgehead atoms. The largest absolute Gasteiger partial charge is 0.479 e. The quantitative estimate of drug-likeness (QED) is 0.897. The minimum absolute atomic E-state index is 0.303. The number of hydrogen-bond donors (Lipinski definition) is 1. The molecule has 0 saturated carbocycles. The maximum Gasteiger partial charge on any atom is 0.334 e. The van der Waals surface area contributed by atoms with Gasteiger partial charge >= 0.3 is 5.97 Å². The van der Waals surface area contributed by atoms with Crippen molar-refractivity contribution in [3.05, 3.63) is 22.5 Å². The number of carboxylic acid groups (broad SMARTS) is 1. The lowest BCUT2D eigenvalue weighted by Gasteiger charge is -2.30. The Morgan fingerprint density at radius 2 is 2.35 bits per heavy atom. The van der Waals surface area contributed by atoms with Crippen LogP contribution in [0.25, 0.3) is 11.4 Å². The molecule has 1 atom stereocenters. The number of ether oxygens (including phenoxy) is 1. The monoisotopic (exact) mass is 340 g/mol. The normalized spacial score (nSPS) is 19.2. The number of nitrogens with zero attached hydrogens (tertiary/aromatic N) is 4. The summed E-state index contributed by atoms with van der Waals surface area (Å²) in [5, 5.41) is 18.0. The molecule has 0 unspecified atom stereocenters. The van der Waals surface area contributed by atoms with E-state index in [9.17, 15) is 4.79 Å². The first kappa shape index (κ1) is 16.0. The van der Waals surface area contributed by atoms with Gasteiger partial charge in [0.1, 0.15) is 22.3 Å². The lowest BCUT2D eigenvalue weighted by molar-refractivity contribution is -0.156. The number of aryl methyl sites for hydroxylation is 2. The first-order valence-electron chi connectivity index (χ1n) is 7.17. The number of carbonyl (C=O) groups is 1. The molecule has 9 heteroatoms. The molecule has 2 aromatic rings. The third-order valence-corrected chi connectivity index (χ3v) is 4.22. The molecule has 2 aromatic heterocycles. The topological polar surface area (TPSA) is 93.6 Å². The number of hydrogen-bond acceptors (Lipinski definition) is 6. The van der Waals surface area contributed by atoms with Crippen molar-refractivity contribution < 1.29 is 19.2 Å². The van der Waals surface area contributed by atoms with Gasteiger partial charge in [0.2, 0.25) is 0 Å². The fraction of sp³-hybridized carbons (Fsp3) is 0.500. The van der Waals surface area contributed by atoms with Crippen molar-refractivity contribution in [1.29, 1.82) is 0 Å². The molecule has 23 heavy (non-hydrogen) atoms. The Hall–Kier alpha value is -1.90. The standard InChI is InChI=1S/C14H17ClN4O4/c1-8-5-10(17-23-8)12-9(13(15)18(2)16-12)6-19-3-4-22-11(7-19)14(20)21/h5,11H,3-4,6-7H2,1-2H3,(H,20,21)/t11-/m0/s1. The van der Waals surface area contributed by atoms with E-state index in [1.165, 1.54) is 0 Å². The smallest absolute Gasteiger partial charge is 0.334 e. The summed E-state index contributed by atoms with van der Waals surface area (Å²) in [6.07, 6.45) is -0.822. The molecule has 0 spiro atoms. The zero-order chi connectivity index (χ0) is 16.6. The number of morpholine rings is 1. The summed E-state index contributed by atoms with van der Waals surface area (Å²) in [7, 11) is 1.75. The van der Waals surface area contributed by atoms with Gasteiger partial charge in [-0.1, -0.05) is 16.8 Å². The maximum absolute atomic E-state index is 11.1. The molecule has 1 saturated heterocycles. The molecular formula is C14H17ClN4O4. The van der Waals surface area contributed by atoms with Gasteiger partial charge in [0.05, 0.1) is 6.61 Å². The fourth-order valence-corrected chi connectivity index (χ4v) is 2.78. The van der Waals surface area contributed by atoms with Crippen LogP contribution in [-0.2, 0) is 23.1 Å². The van der Waals surface area contributed by atoms with Crippen molar-refractivity contribution in [3.8, 4) is 11.4 Å². The molecule has 0 amide bonds. The third kappa shape index (κ3) is 3.24. The Kier molecular flexibility index (Phi) is 4.38. The molecule has 1 fully saturated rings. The molecule has 1 aliphatic rings. The lowest BCUT2D eigenvalue weighted by atomic mass is 10.1. The Morgan fingerprint density at radius 3 is 3.00 bits per heavy atom. The maximum atomic E-state index is 11.1. The SMILES string of the molecule is Cc1cc(-c2nn(C)c(Cl)c2CN2CCO[C@H](C(=O)O)C2)no1. The highest BCUT2D eigenvalue weighted by Gasteiger charge is 2.28. The number of halogens is 1. The van der Waals surface area contributed by atoms with Crippen LogP contribution in [0.3, 0.4) is 0 Å². The van der Waals surface area contributed by atoms with Crippen molar-refractivity contribution in [2.45, 2.75) is 19.6 Å². The first-order valence-corrected chi connectivity index (χ1v) is 7.55. The van der Waals surface area contributed by atoms with Gasteiger partial charge in [0.15, 0.2) is 6.10 Å². The van der Waals surface area contributed by atoms with Gasteiger partial charge < -0.3 is 14.4 Å². The van der Waals surface area contributed by atoms with E-state index in [-0.39, 0.29) is 0 Å². The molecule has 0 aliphatic carbocycles. The molecule has 124 valence electrons. The van der Waals surface area contributed by atoms with E-state index in [4.69, 9.17) is 26.0 Å². The van der Waals surface area contributed by atoms with Crippen LogP contribution in [-0.4, -0.2) is 56.7 Å². The summed E-state index contributed by atoms with van der Waals surface area (Å²) in [6.45, 7) is 3.58. The summed E-state index contributed by atoms with van der Waals surface area (Å²) in [4.78, 5) is 13.1. The molecule has 3 rings (SSSR count). The minimum Gasteiger partial charge on any atom is -0.479 e. The van der Waals surface area contributed by atoms with E-state index in [1.54, 1.807) is 24.7 Å². The van der Waals surface area contributed by atoms with Crippen molar-refractivity contribution in [1.82, 2.24) is 19.8 Å². The number of aliphatic carboxylic acids is 1. The van der Waals surface area contributed by atoms with Crippen LogP contribution < -0.4 is 0 Å². The van der Waals surface area contributed by atoms with Crippen molar-refractivity contribution in [2.24, 2.45) is 7.05 Å². The average molecular weight is 341 g/mol. The first-order chi connectivity index (χ1) is 11.0. The fourth-order valence-electron chi connectivity index (χ4n) is 2.59. The van der Waals surface area contributed by atoms with Crippen LogP contribution in [0.5, 0.6) is 0 Å². The van der Waals surface area contributed by atoms with Crippen LogP contribution in [0.4, 0.5) is 0 Å². The summed E-state index contributed by atoms with van der Waals surface area (Å²) in [5.74, 6) is -0.274. The average Bonchev–Trinajstić information content (AvgIpc) is 3.06. The van der Waals surface area contributed by atoms with Crippen LogP contribution >= 0.6 is 11.6 Å². The van der Waals surface area contributed by atoms with Crippen LogP contribution in [0.2, 0.25) is 5.15 Å². The van der Waals surface area contributed by atoms with E-state index in [1.807, 2.05) is 4.90 Å². The van der Waals surface area contributed by atoms with Gasteiger partial charge in [-0.3, -0.25) is 9.58 Å². The number of carboxylic acids is 1. The molecule has 8 nitrogen and oxygen atoms in total. The molecule has 1 aliphatic heterocycles. The van der Waals surface area contributed by atoms with Gasteiger partial charge in [-0.05, 0) is 6.92 Å². The summed E-state index contributed by atoms with van der Waals surface area (Å²) in [5.41, 5.74) is 2.06. The summed E-state index contributed by atoms with van der Waals surface area (Å²) in [6, 6.07) is 1.79. The van der Waals surface area contributed by atoms with Gasteiger partial charge in [0, 0.05) is 38.3 Å². The Balaban J connectivity index is 1.86. The van der Waals surface area contributed by atoms with Gasteiger partial charge in [-0.2, -0.15) is 5.10 Å². The van der Waals surface area contributed by atoms with Gasteiger partial charge in [0.25, 0.3) is 0 Å². The highest BCUT2D eigenvalue weighted by Crippen LogP contribution is 2.29. The van der Waals surface area contributed by atoms with Crippen LogP contribution in [0.15, 0.2) is 10.6 Å². The van der Waals surface area contributed by atoms with Crippen molar-refractivity contribution in [3.63, 3.8) is 0 Å². The number of rotatable bonds is 4. The van der Waals surface area contributed by atoms with E-state index in [0.29, 0.717) is 48.5 Å². The number of aromatic nitrogens is 3. The molecule has 3 heterocycles. The van der Waals surface area contributed by atoms with Gasteiger partial charge in [-0.25, -0.2) is 4.79 Å². The second kappa shape index (κ2) is 6.31. The Labute approximate surface area is 137 Å². The van der Waals surface area contributed by atoms with Crippen molar-refractivity contribution in [2.75, 3.05) is 19.7 Å². The van der Waals surface area contributed by atoms with E-state index >= 15 is 0 Å². The lowest BCUT2D eigenvalue weighted by Crippen LogP contribution is -2.45. The van der Waals surface area contributed by atoms with Crippen LogP contribution in [0, 0.1) is 6.92 Å². The van der Waals surface area contributed by atoms with E-state index in [2.05, 4.69) is 10.3 Å². The van der Waals surface area contributed by atoms with Gasteiger partial charge in [-0.15, -0.1) is 0 Å². The summed E-state index contributed by atoms with van der Waals surface area (Å²) < 4.78 is 11.9. The van der Waals surface area contributed by atoms with E-state index in [0.717, 1.165) is 5.56 Å². The molecular weight excluding hydrogens is 324 g/mol. The highest BCUT2D eigenvalue weighted by atomic mass is 35.5.